The highest BCUT2D eigenvalue weighted by Crippen LogP contribution is 2.43. The molecule has 1 fully saturated rings. The molecule has 0 spiro atoms. The van der Waals surface area contributed by atoms with Crippen LogP contribution in [-0.2, 0) is 5.41 Å². The highest BCUT2D eigenvalue weighted by Gasteiger charge is 2.38. The predicted octanol–water partition coefficient (Wildman–Crippen LogP) is 3.92. The van der Waals surface area contributed by atoms with Gasteiger partial charge in [0, 0.05) is 23.1 Å². The topological polar surface area (TPSA) is 80.9 Å². The molecular weight excluding hydrogens is 355 g/mol. The number of hydrogen-bond acceptors (Lipinski definition) is 4. The van der Waals surface area contributed by atoms with Gasteiger partial charge in [0.15, 0.2) is 0 Å². The van der Waals surface area contributed by atoms with Crippen molar-refractivity contribution in [2.24, 2.45) is 5.73 Å². The van der Waals surface area contributed by atoms with Crippen LogP contribution in [0.2, 0.25) is 0 Å². The maximum Gasteiger partial charge on any atom is 0.248 e. The average molecular weight is 376 g/mol. The van der Waals surface area contributed by atoms with E-state index in [2.05, 4.69) is 15.5 Å². The first-order chi connectivity index (χ1) is 13.6. The van der Waals surface area contributed by atoms with E-state index in [1.54, 1.807) is 18.2 Å². The number of halogens is 1. The number of carbonyl (C=O) groups is 1. The maximum absolute atomic E-state index is 13.2. The van der Waals surface area contributed by atoms with E-state index in [0.717, 1.165) is 30.5 Å². The van der Waals surface area contributed by atoms with Gasteiger partial charge in [0.25, 0.3) is 0 Å². The molecule has 6 heteroatoms. The van der Waals surface area contributed by atoms with Crippen molar-refractivity contribution >= 4 is 11.7 Å². The molecule has 1 aliphatic carbocycles. The second-order valence-electron chi connectivity index (χ2n) is 7.24. The summed E-state index contributed by atoms with van der Waals surface area (Å²) in [7, 11) is 0. The molecule has 3 N–H and O–H groups in total. The Balaban J connectivity index is 1.47. The molecule has 0 atom stereocenters. The van der Waals surface area contributed by atoms with E-state index in [9.17, 15) is 9.18 Å². The molecule has 0 saturated heterocycles. The third-order valence-corrected chi connectivity index (χ3v) is 5.48. The Kier molecular flexibility index (Phi) is 4.77. The molecule has 2 aromatic carbocycles. The molecule has 142 valence electrons. The Bertz CT molecular complexity index is 982. The maximum atomic E-state index is 13.2. The van der Waals surface area contributed by atoms with Crippen LogP contribution >= 0.6 is 0 Å². The molecule has 28 heavy (non-hydrogen) atoms. The third-order valence-electron chi connectivity index (χ3n) is 5.48. The van der Waals surface area contributed by atoms with Gasteiger partial charge in [-0.1, -0.05) is 30.7 Å². The lowest BCUT2D eigenvalue weighted by molar-refractivity contribution is 0.100. The Morgan fingerprint density at radius 1 is 1.07 bits per heavy atom. The number of benzene rings is 2. The van der Waals surface area contributed by atoms with Gasteiger partial charge in [-0.25, -0.2) is 4.39 Å². The summed E-state index contributed by atoms with van der Waals surface area (Å²) in [5, 5.41) is 11.9. The summed E-state index contributed by atoms with van der Waals surface area (Å²) in [5.41, 5.74) is 8.40. The summed E-state index contributed by atoms with van der Waals surface area (Å²) in [6.07, 6.45) is 3.30. The molecule has 0 aliphatic heterocycles. The molecule has 1 heterocycles. The van der Waals surface area contributed by atoms with Gasteiger partial charge < -0.3 is 11.1 Å². The van der Waals surface area contributed by atoms with Crippen LogP contribution in [-0.4, -0.2) is 22.6 Å². The molecule has 0 bridgehead atoms. The molecular formula is C22H21FN4O. The van der Waals surface area contributed by atoms with Gasteiger partial charge in [-0.2, -0.15) is 0 Å². The van der Waals surface area contributed by atoms with Crippen LogP contribution in [0.25, 0.3) is 11.3 Å². The van der Waals surface area contributed by atoms with E-state index in [1.165, 1.54) is 18.6 Å². The van der Waals surface area contributed by atoms with Crippen LogP contribution in [0.15, 0.2) is 60.7 Å². The summed E-state index contributed by atoms with van der Waals surface area (Å²) < 4.78 is 13.2. The van der Waals surface area contributed by atoms with Crippen molar-refractivity contribution in [3.8, 4) is 11.3 Å². The molecule has 5 nitrogen and oxygen atoms in total. The molecule has 1 aliphatic rings. The van der Waals surface area contributed by atoms with Crippen molar-refractivity contribution in [1.29, 1.82) is 0 Å². The fourth-order valence-corrected chi connectivity index (χ4v) is 3.65. The van der Waals surface area contributed by atoms with Crippen molar-refractivity contribution in [3.05, 3.63) is 77.6 Å². The first kappa shape index (κ1) is 18.1. The summed E-state index contributed by atoms with van der Waals surface area (Å²) in [5.74, 6) is -0.00378. The summed E-state index contributed by atoms with van der Waals surface area (Å²) >= 11 is 0. The fourth-order valence-electron chi connectivity index (χ4n) is 3.65. The van der Waals surface area contributed by atoms with Gasteiger partial charge in [-0.05, 0) is 54.8 Å². The van der Waals surface area contributed by atoms with Crippen molar-refractivity contribution in [1.82, 2.24) is 10.2 Å². The molecule has 1 saturated carbocycles. The number of nitrogens with zero attached hydrogens (tertiary/aromatic N) is 2. The van der Waals surface area contributed by atoms with Crippen LogP contribution in [0, 0.1) is 5.82 Å². The van der Waals surface area contributed by atoms with E-state index in [-0.39, 0.29) is 11.2 Å². The lowest BCUT2D eigenvalue weighted by Gasteiger charge is -2.42. The quantitative estimate of drug-likeness (QED) is 0.683. The first-order valence-electron chi connectivity index (χ1n) is 9.30. The highest BCUT2D eigenvalue weighted by molar-refractivity contribution is 5.93. The van der Waals surface area contributed by atoms with Crippen molar-refractivity contribution in [3.63, 3.8) is 0 Å². The number of amides is 1. The summed E-state index contributed by atoms with van der Waals surface area (Å²) in [4.78, 5) is 11.3. The number of nitrogens with one attached hydrogen (secondary N) is 1. The van der Waals surface area contributed by atoms with Crippen LogP contribution in [0.4, 0.5) is 10.2 Å². The Morgan fingerprint density at radius 2 is 1.86 bits per heavy atom. The minimum atomic E-state index is -0.473. The minimum Gasteiger partial charge on any atom is -0.368 e. The van der Waals surface area contributed by atoms with Gasteiger partial charge >= 0.3 is 0 Å². The number of carbonyl (C=O) groups excluding carboxylic acids is 1. The normalized spacial score (nSPS) is 14.9. The Labute approximate surface area is 162 Å². The van der Waals surface area contributed by atoms with Gasteiger partial charge in [-0.3, -0.25) is 4.79 Å². The first-order valence-corrected chi connectivity index (χ1v) is 9.30. The number of primary amides is 1. The Hall–Kier alpha value is -3.28. The molecule has 3 aromatic rings. The second-order valence-corrected chi connectivity index (χ2v) is 7.24. The fraction of sp³-hybridized carbons (Fsp3) is 0.227. The average Bonchev–Trinajstić information content (AvgIpc) is 2.69. The van der Waals surface area contributed by atoms with E-state index >= 15 is 0 Å². The SMILES string of the molecule is NC(=O)c1cccc(-c2ccc(NCC3(c4ccc(F)cc4)CCC3)nn2)c1. The monoisotopic (exact) mass is 376 g/mol. The summed E-state index contributed by atoms with van der Waals surface area (Å²) in [6.45, 7) is 0.726. The standard InChI is InChI=1S/C22H21FN4O/c23-18-7-5-17(6-8-18)22(11-2-12-22)14-25-20-10-9-19(26-27-20)15-3-1-4-16(13-15)21(24)28/h1,3-10,13H,2,11-12,14H2,(H2,24,28)(H,25,27). The number of aromatic nitrogens is 2. The van der Waals surface area contributed by atoms with E-state index < -0.39 is 5.91 Å². The number of rotatable bonds is 6. The second kappa shape index (κ2) is 7.38. The van der Waals surface area contributed by atoms with Crippen LogP contribution in [0.5, 0.6) is 0 Å². The van der Waals surface area contributed by atoms with Crippen molar-refractivity contribution < 1.29 is 9.18 Å². The van der Waals surface area contributed by atoms with Crippen LogP contribution in [0.3, 0.4) is 0 Å². The van der Waals surface area contributed by atoms with Crippen LogP contribution in [0.1, 0.15) is 35.2 Å². The smallest absolute Gasteiger partial charge is 0.248 e. The number of nitrogens with two attached hydrogens (primary N) is 1. The van der Waals surface area contributed by atoms with E-state index in [0.29, 0.717) is 17.1 Å². The lowest BCUT2D eigenvalue weighted by Crippen LogP contribution is -2.41. The minimum absolute atomic E-state index is 0.0177. The molecule has 0 radical (unpaired) electrons. The zero-order chi connectivity index (χ0) is 19.6. The number of hydrogen-bond donors (Lipinski definition) is 2. The number of anilines is 1. The molecule has 0 unspecified atom stereocenters. The third kappa shape index (κ3) is 3.58. The molecule has 1 aromatic heterocycles. The zero-order valence-corrected chi connectivity index (χ0v) is 15.4. The summed E-state index contributed by atoms with van der Waals surface area (Å²) in [6, 6.07) is 17.5. The Morgan fingerprint density at radius 3 is 2.46 bits per heavy atom. The van der Waals surface area contributed by atoms with Crippen molar-refractivity contribution in [2.75, 3.05) is 11.9 Å². The van der Waals surface area contributed by atoms with Gasteiger partial charge in [0.1, 0.15) is 11.6 Å². The van der Waals surface area contributed by atoms with E-state index in [1.807, 2.05) is 30.3 Å². The highest BCUT2D eigenvalue weighted by atomic mass is 19.1. The van der Waals surface area contributed by atoms with Crippen LogP contribution < -0.4 is 11.1 Å². The van der Waals surface area contributed by atoms with E-state index in [4.69, 9.17) is 5.73 Å². The molecule has 1 amide bonds. The largest absolute Gasteiger partial charge is 0.368 e. The van der Waals surface area contributed by atoms with Gasteiger partial charge in [0.05, 0.1) is 5.69 Å². The zero-order valence-electron chi connectivity index (χ0n) is 15.4. The predicted molar refractivity (Wildman–Crippen MR) is 106 cm³/mol. The lowest BCUT2D eigenvalue weighted by atomic mass is 9.64. The van der Waals surface area contributed by atoms with Gasteiger partial charge in [0.2, 0.25) is 5.91 Å². The van der Waals surface area contributed by atoms with Crippen molar-refractivity contribution in [2.45, 2.75) is 24.7 Å². The van der Waals surface area contributed by atoms with Gasteiger partial charge in [-0.15, -0.1) is 10.2 Å². The molecule has 4 rings (SSSR count).